The van der Waals surface area contributed by atoms with Crippen molar-refractivity contribution in [3.8, 4) is 0 Å². The van der Waals surface area contributed by atoms with Crippen LogP contribution in [0.3, 0.4) is 0 Å². The number of carbonyl (C=O) groups excluding carboxylic acids is 1. The Balaban J connectivity index is 1.93. The number of nitrogens with zero attached hydrogens (tertiary/aromatic N) is 1. The van der Waals surface area contributed by atoms with Crippen LogP contribution in [0.5, 0.6) is 0 Å². The molecule has 0 fully saturated rings. The molecule has 0 spiro atoms. The molecule has 6 heteroatoms. The minimum atomic E-state index is -0.493. The molecule has 0 unspecified atom stereocenters. The third-order valence-electron chi connectivity index (χ3n) is 2.39. The predicted octanol–water partition coefficient (Wildman–Crippen LogP) is 3.67. The third kappa shape index (κ3) is 3.80. The summed E-state index contributed by atoms with van der Waals surface area (Å²) in [4.78, 5) is 15.4. The van der Waals surface area contributed by atoms with Gasteiger partial charge in [0.15, 0.2) is 5.15 Å². The van der Waals surface area contributed by atoms with Gasteiger partial charge < -0.3 is 10.6 Å². The Labute approximate surface area is 120 Å². The second-order valence-electron chi connectivity index (χ2n) is 3.80. The van der Waals surface area contributed by atoms with Gasteiger partial charge in [0.25, 0.3) is 0 Å². The molecule has 4 nitrogen and oxygen atoms in total. The minimum absolute atomic E-state index is 0.195. The summed E-state index contributed by atoms with van der Waals surface area (Å²) in [5, 5.41) is 5.17. The first kappa shape index (κ1) is 14.0. The van der Waals surface area contributed by atoms with Gasteiger partial charge in [-0.1, -0.05) is 29.8 Å². The molecular weight excluding hydrogens is 281 g/mol. The van der Waals surface area contributed by atoms with Crippen LogP contribution in [0.25, 0.3) is 6.08 Å². The van der Waals surface area contributed by atoms with E-state index in [2.05, 4.69) is 15.6 Å². The number of anilines is 1. The highest BCUT2D eigenvalue weighted by atomic mass is 35.5. The van der Waals surface area contributed by atoms with Crippen LogP contribution in [-0.4, -0.2) is 11.0 Å². The molecule has 2 amide bonds. The van der Waals surface area contributed by atoms with Gasteiger partial charge in [0.05, 0.1) is 5.69 Å². The quantitative estimate of drug-likeness (QED) is 0.848. The molecule has 1 aromatic carbocycles. The van der Waals surface area contributed by atoms with Gasteiger partial charge in [-0.3, -0.25) is 0 Å². The fraction of sp³-hybridized carbons (Fsp3) is 0. The SMILES string of the molecule is O=C(N/C=C/c1ccccc1F)Nc1cccnc1Cl. The average Bonchev–Trinajstić information content (AvgIpc) is 2.43. The second kappa shape index (κ2) is 6.68. The predicted molar refractivity (Wildman–Crippen MR) is 76.8 cm³/mol. The molecule has 0 aliphatic heterocycles. The standard InChI is InChI=1S/C14H11ClFN3O/c15-13-12(6-3-8-17-13)19-14(20)18-9-7-10-4-1-2-5-11(10)16/h1-9H,(H2,18,19,20)/b9-7+. The summed E-state index contributed by atoms with van der Waals surface area (Å²) in [5.74, 6) is -0.360. The number of carbonyl (C=O) groups is 1. The first-order chi connectivity index (χ1) is 9.66. The van der Waals surface area contributed by atoms with E-state index in [0.29, 0.717) is 11.3 Å². The lowest BCUT2D eigenvalue weighted by atomic mass is 10.2. The van der Waals surface area contributed by atoms with Gasteiger partial charge in [-0.15, -0.1) is 0 Å². The molecule has 2 N–H and O–H groups in total. The highest BCUT2D eigenvalue weighted by Crippen LogP contribution is 2.16. The normalized spacial score (nSPS) is 10.5. The first-order valence-corrected chi connectivity index (χ1v) is 6.14. The number of urea groups is 1. The van der Waals surface area contributed by atoms with Crippen LogP contribution in [0, 0.1) is 5.82 Å². The van der Waals surface area contributed by atoms with Gasteiger partial charge in [-0.25, -0.2) is 14.2 Å². The molecule has 102 valence electrons. The number of benzene rings is 1. The number of halogens is 2. The molecule has 2 rings (SSSR count). The van der Waals surface area contributed by atoms with Crippen LogP contribution in [0.4, 0.5) is 14.9 Å². The van der Waals surface area contributed by atoms with Gasteiger partial charge in [-0.2, -0.15) is 0 Å². The number of aromatic nitrogens is 1. The van der Waals surface area contributed by atoms with E-state index >= 15 is 0 Å². The summed E-state index contributed by atoms with van der Waals surface area (Å²) >= 11 is 5.80. The van der Waals surface area contributed by atoms with Crippen molar-refractivity contribution in [2.24, 2.45) is 0 Å². The maximum Gasteiger partial charge on any atom is 0.323 e. The van der Waals surface area contributed by atoms with Gasteiger partial charge >= 0.3 is 6.03 Å². The molecule has 0 saturated heterocycles. The zero-order chi connectivity index (χ0) is 14.4. The topological polar surface area (TPSA) is 54.0 Å². The molecule has 1 aromatic heterocycles. The smallest absolute Gasteiger partial charge is 0.314 e. The summed E-state index contributed by atoms with van der Waals surface area (Å²) in [6, 6.07) is 9.02. The van der Waals surface area contributed by atoms with E-state index in [1.54, 1.807) is 30.3 Å². The molecule has 0 radical (unpaired) electrons. The van der Waals surface area contributed by atoms with Crippen LogP contribution in [0.2, 0.25) is 5.15 Å². The van der Waals surface area contributed by atoms with Crippen molar-refractivity contribution in [2.75, 3.05) is 5.32 Å². The van der Waals surface area contributed by atoms with Crippen LogP contribution < -0.4 is 10.6 Å². The number of hydrogen-bond acceptors (Lipinski definition) is 2. The molecular formula is C14H11ClFN3O. The van der Waals surface area contributed by atoms with Crippen LogP contribution in [-0.2, 0) is 0 Å². The van der Waals surface area contributed by atoms with Crippen molar-refractivity contribution >= 4 is 29.4 Å². The Morgan fingerprint density at radius 2 is 2.05 bits per heavy atom. The first-order valence-electron chi connectivity index (χ1n) is 5.76. The molecule has 0 atom stereocenters. The van der Waals surface area contributed by atoms with E-state index in [1.807, 2.05) is 0 Å². The van der Waals surface area contributed by atoms with E-state index in [-0.39, 0.29) is 11.0 Å². The maximum atomic E-state index is 13.3. The Bertz CT molecular complexity index is 646. The van der Waals surface area contributed by atoms with Crippen LogP contribution >= 0.6 is 11.6 Å². The lowest BCUT2D eigenvalue weighted by molar-refractivity contribution is 0.255. The third-order valence-corrected chi connectivity index (χ3v) is 2.69. The fourth-order valence-electron chi connectivity index (χ4n) is 1.46. The van der Waals surface area contributed by atoms with Crippen molar-refractivity contribution in [3.63, 3.8) is 0 Å². The minimum Gasteiger partial charge on any atom is -0.314 e. The van der Waals surface area contributed by atoms with Gasteiger partial charge in [0, 0.05) is 18.0 Å². The Hall–Kier alpha value is -2.40. The summed E-state index contributed by atoms with van der Waals surface area (Å²) in [7, 11) is 0. The molecule has 0 bridgehead atoms. The lowest BCUT2D eigenvalue weighted by Gasteiger charge is -2.05. The summed E-state index contributed by atoms with van der Waals surface area (Å²) in [6.07, 6.45) is 4.32. The number of pyridine rings is 1. The van der Waals surface area contributed by atoms with E-state index in [9.17, 15) is 9.18 Å². The molecule has 0 aliphatic rings. The van der Waals surface area contributed by atoms with Crippen molar-refractivity contribution in [3.05, 3.63) is 65.3 Å². The molecule has 20 heavy (non-hydrogen) atoms. The summed E-state index contributed by atoms with van der Waals surface area (Å²) < 4.78 is 13.3. The highest BCUT2D eigenvalue weighted by molar-refractivity contribution is 6.32. The van der Waals surface area contributed by atoms with Gasteiger partial charge in [0.2, 0.25) is 0 Å². The second-order valence-corrected chi connectivity index (χ2v) is 4.15. The van der Waals surface area contributed by atoms with E-state index < -0.39 is 6.03 Å². The lowest BCUT2D eigenvalue weighted by Crippen LogP contribution is -2.24. The molecule has 0 aliphatic carbocycles. The number of nitrogens with one attached hydrogen (secondary N) is 2. The van der Waals surface area contributed by atoms with Crippen LogP contribution in [0.15, 0.2) is 48.8 Å². The van der Waals surface area contributed by atoms with Crippen LogP contribution in [0.1, 0.15) is 5.56 Å². The van der Waals surface area contributed by atoms with E-state index in [1.165, 1.54) is 24.5 Å². The largest absolute Gasteiger partial charge is 0.323 e. The maximum absolute atomic E-state index is 13.3. The zero-order valence-corrected chi connectivity index (χ0v) is 11.1. The average molecular weight is 292 g/mol. The van der Waals surface area contributed by atoms with Crippen molar-refractivity contribution in [1.29, 1.82) is 0 Å². The molecule has 1 heterocycles. The Morgan fingerprint density at radius 3 is 2.80 bits per heavy atom. The molecule has 0 saturated carbocycles. The number of rotatable bonds is 3. The van der Waals surface area contributed by atoms with Crippen molar-refractivity contribution < 1.29 is 9.18 Å². The monoisotopic (exact) mass is 291 g/mol. The molecule has 2 aromatic rings. The van der Waals surface area contributed by atoms with E-state index in [4.69, 9.17) is 11.6 Å². The van der Waals surface area contributed by atoms with Gasteiger partial charge in [-0.05, 0) is 24.3 Å². The fourth-order valence-corrected chi connectivity index (χ4v) is 1.62. The van der Waals surface area contributed by atoms with E-state index in [0.717, 1.165) is 0 Å². The van der Waals surface area contributed by atoms with Gasteiger partial charge in [0.1, 0.15) is 5.82 Å². The van der Waals surface area contributed by atoms with Crippen molar-refractivity contribution in [2.45, 2.75) is 0 Å². The number of amides is 2. The Morgan fingerprint density at radius 1 is 1.25 bits per heavy atom. The van der Waals surface area contributed by atoms with Crippen molar-refractivity contribution in [1.82, 2.24) is 10.3 Å². The Kier molecular flexibility index (Phi) is 4.68. The summed E-state index contributed by atoms with van der Waals surface area (Å²) in [5.41, 5.74) is 0.776. The highest BCUT2D eigenvalue weighted by Gasteiger charge is 2.03. The summed E-state index contributed by atoms with van der Waals surface area (Å²) in [6.45, 7) is 0. The zero-order valence-electron chi connectivity index (χ0n) is 10.3. The number of hydrogen-bond donors (Lipinski definition) is 2.